The Morgan fingerprint density at radius 2 is 1.76 bits per heavy atom. The highest BCUT2D eigenvalue weighted by atomic mass is 19.1. The second-order valence-electron chi connectivity index (χ2n) is 6.09. The van der Waals surface area contributed by atoms with Crippen molar-refractivity contribution in [2.45, 2.75) is 13.2 Å². The highest BCUT2D eigenvalue weighted by Crippen LogP contribution is 2.25. The number of piperazine rings is 1. The van der Waals surface area contributed by atoms with Crippen LogP contribution in [0, 0.1) is 18.2 Å². The summed E-state index contributed by atoms with van der Waals surface area (Å²) in [6.45, 7) is 10.1. The molecule has 0 aliphatic carbocycles. The fourth-order valence-corrected chi connectivity index (χ4v) is 3.04. The number of aliphatic hydroxyl groups is 1. The molecule has 1 heterocycles. The van der Waals surface area contributed by atoms with Crippen LogP contribution in [0.3, 0.4) is 0 Å². The van der Waals surface area contributed by atoms with Crippen LogP contribution in [-0.4, -0.2) is 36.2 Å². The van der Waals surface area contributed by atoms with Crippen molar-refractivity contribution in [3.8, 4) is 0 Å². The third kappa shape index (κ3) is 3.95. The fourth-order valence-electron chi connectivity index (χ4n) is 3.04. The van der Waals surface area contributed by atoms with Gasteiger partial charge in [0.2, 0.25) is 0 Å². The van der Waals surface area contributed by atoms with E-state index in [0.29, 0.717) is 36.6 Å². The van der Waals surface area contributed by atoms with Gasteiger partial charge in [-0.15, -0.1) is 0 Å². The largest absolute Gasteiger partial charge is 0.392 e. The summed E-state index contributed by atoms with van der Waals surface area (Å²) in [5.41, 5.74) is 1.97. The molecule has 1 aliphatic heterocycles. The smallest absolute Gasteiger partial charge is 0.190 e. The molecule has 1 fully saturated rings. The van der Waals surface area contributed by atoms with Gasteiger partial charge < -0.3 is 10.0 Å². The first-order valence-corrected chi connectivity index (χ1v) is 8.13. The van der Waals surface area contributed by atoms with Crippen molar-refractivity contribution >= 4 is 11.4 Å². The summed E-state index contributed by atoms with van der Waals surface area (Å²) in [4.78, 5) is 7.39. The molecule has 25 heavy (non-hydrogen) atoms. The molecule has 2 aromatic rings. The van der Waals surface area contributed by atoms with Crippen molar-refractivity contribution in [1.29, 1.82) is 0 Å². The monoisotopic (exact) mass is 343 g/mol. The quantitative estimate of drug-likeness (QED) is 0.864. The van der Waals surface area contributed by atoms with Gasteiger partial charge in [0.1, 0.15) is 11.6 Å². The van der Waals surface area contributed by atoms with Gasteiger partial charge in [0.15, 0.2) is 5.69 Å². The van der Waals surface area contributed by atoms with Crippen molar-refractivity contribution in [3.05, 3.63) is 70.6 Å². The standard InChI is InChI=1S/C19H19F2N3O/c1-22-16-4-5-19(18(21)11-16)24-8-6-23(7-9-24)12-14-2-3-15(13-25)17(20)10-14/h2-5,10-11,25H,6-9,12-13H2. The second kappa shape index (κ2) is 7.60. The van der Waals surface area contributed by atoms with Gasteiger partial charge in [-0.05, 0) is 23.8 Å². The van der Waals surface area contributed by atoms with Gasteiger partial charge in [0, 0.05) is 38.3 Å². The van der Waals surface area contributed by atoms with E-state index in [9.17, 15) is 8.78 Å². The lowest BCUT2D eigenvalue weighted by molar-refractivity contribution is 0.248. The molecular weight excluding hydrogens is 324 g/mol. The van der Waals surface area contributed by atoms with Crippen molar-refractivity contribution < 1.29 is 13.9 Å². The molecule has 0 radical (unpaired) electrons. The molecule has 1 N–H and O–H groups in total. The average Bonchev–Trinajstić information content (AvgIpc) is 2.62. The first-order chi connectivity index (χ1) is 12.1. The van der Waals surface area contributed by atoms with Crippen molar-refractivity contribution in [2.75, 3.05) is 31.1 Å². The zero-order chi connectivity index (χ0) is 17.8. The number of aliphatic hydroxyl groups excluding tert-OH is 1. The van der Waals surface area contributed by atoms with Crippen LogP contribution in [0.15, 0.2) is 36.4 Å². The number of hydrogen-bond acceptors (Lipinski definition) is 3. The molecule has 1 saturated heterocycles. The van der Waals surface area contributed by atoms with Gasteiger partial charge in [-0.2, -0.15) is 0 Å². The minimum Gasteiger partial charge on any atom is -0.392 e. The van der Waals surface area contributed by atoms with Crippen LogP contribution in [0.1, 0.15) is 11.1 Å². The number of hydrogen-bond donors (Lipinski definition) is 1. The van der Waals surface area contributed by atoms with Gasteiger partial charge >= 0.3 is 0 Å². The van der Waals surface area contributed by atoms with E-state index in [1.165, 1.54) is 12.1 Å². The van der Waals surface area contributed by atoms with Crippen LogP contribution >= 0.6 is 0 Å². The minimum absolute atomic E-state index is 0.298. The SMILES string of the molecule is [C-]#[N+]c1ccc(N2CCN(Cc3ccc(CO)c(F)c3)CC2)c(F)c1. The Labute approximate surface area is 145 Å². The average molecular weight is 343 g/mol. The third-order valence-electron chi connectivity index (χ3n) is 4.47. The van der Waals surface area contributed by atoms with Crippen LogP contribution in [0.2, 0.25) is 0 Å². The third-order valence-corrected chi connectivity index (χ3v) is 4.47. The molecule has 4 nitrogen and oxygen atoms in total. The lowest BCUT2D eigenvalue weighted by Gasteiger charge is -2.36. The molecule has 1 aliphatic rings. The van der Waals surface area contributed by atoms with Gasteiger partial charge in [-0.1, -0.05) is 18.2 Å². The Morgan fingerprint density at radius 3 is 2.36 bits per heavy atom. The summed E-state index contributed by atoms with van der Waals surface area (Å²) in [6, 6.07) is 9.43. The van der Waals surface area contributed by atoms with Gasteiger partial charge in [-0.3, -0.25) is 4.90 Å². The molecule has 0 aromatic heterocycles. The number of nitrogens with zero attached hydrogens (tertiary/aromatic N) is 3. The molecule has 2 aromatic carbocycles. The maximum Gasteiger partial charge on any atom is 0.190 e. The predicted molar refractivity (Wildman–Crippen MR) is 92.5 cm³/mol. The summed E-state index contributed by atoms with van der Waals surface area (Å²) < 4.78 is 27.9. The summed E-state index contributed by atoms with van der Waals surface area (Å²) in [6.07, 6.45) is 0. The van der Waals surface area contributed by atoms with E-state index < -0.39 is 0 Å². The summed E-state index contributed by atoms with van der Waals surface area (Å²) >= 11 is 0. The molecule has 0 unspecified atom stereocenters. The Kier molecular flexibility index (Phi) is 5.27. The summed E-state index contributed by atoms with van der Waals surface area (Å²) in [5.74, 6) is -0.760. The normalized spacial score (nSPS) is 15.2. The van der Waals surface area contributed by atoms with Crippen LogP contribution in [0.25, 0.3) is 4.85 Å². The highest BCUT2D eigenvalue weighted by Gasteiger charge is 2.20. The maximum absolute atomic E-state index is 14.1. The molecule has 0 spiro atoms. The van der Waals surface area contributed by atoms with E-state index in [2.05, 4.69) is 9.74 Å². The first kappa shape index (κ1) is 17.3. The van der Waals surface area contributed by atoms with Crippen molar-refractivity contribution in [3.63, 3.8) is 0 Å². The Bertz CT molecular complexity index is 796. The second-order valence-corrected chi connectivity index (χ2v) is 6.09. The molecule has 130 valence electrons. The molecule has 0 bridgehead atoms. The van der Waals surface area contributed by atoms with Crippen LogP contribution in [-0.2, 0) is 13.2 Å². The lowest BCUT2D eigenvalue weighted by atomic mass is 10.1. The van der Waals surface area contributed by atoms with E-state index in [1.807, 2.05) is 11.0 Å². The van der Waals surface area contributed by atoms with E-state index in [-0.39, 0.29) is 18.2 Å². The van der Waals surface area contributed by atoms with Crippen LogP contribution < -0.4 is 4.90 Å². The minimum atomic E-state index is -0.388. The molecule has 0 amide bonds. The predicted octanol–water partition coefficient (Wildman–Crippen LogP) is 3.33. The Balaban J connectivity index is 1.60. The molecular formula is C19H19F2N3O. The molecule has 6 heteroatoms. The number of anilines is 1. The van der Waals surface area contributed by atoms with Gasteiger partial charge in [-0.25, -0.2) is 13.6 Å². The zero-order valence-electron chi connectivity index (χ0n) is 13.8. The number of halogens is 2. The van der Waals surface area contributed by atoms with Crippen molar-refractivity contribution in [1.82, 2.24) is 4.90 Å². The fraction of sp³-hybridized carbons (Fsp3) is 0.316. The maximum atomic E-state index is 14.1. The van der Waals surface area contributed by atoms with Gasteiger partial charge in [0.05, 0.1) is 18.9 Å². The number of benzene rings is 2. The molecule has 0 atom stereocenters. The molecule has 0 saturated carbocycles. The van der Waals surface area contributed by atoms with Crippen LogP contribution in [0.5, 0.6) is 0 Å². The summed E-state index contributed by atoms with van der Waals surface area (Å²) in [7, 11) is 0. The van der Waals surface area contributed by atoms with E-state index in [4.69, 9.17) is 11.7 Å². The van der Waals surface area contributed by atoms with E-state index in [1.54, 1.807) is 18.2 Å². The van der Waals surface area contributed by atoms with Crippen LogP contribution in [0.4, 0.5) is 20.2 Å². The lowest BCUT2D eigenvalue weighted by Crippen LogP contribution is -2.46. The zero-order valence-corrected chi connectivity index (χ0v) is 13.8. The Morgan fingerprint density at radius 1 is 1.00 bits per heavy atom. The summed E-state index contributed by atoms with van der Waals surface area (Å²) in [5, 5.41) is 9.02. The topological polar surface area (TPSA) is 31.1 Å². The van der Waals surface area contributed by atoms with Crippen molar-refractivity contribution in [2.24, 2.45) is 0 Å². The van der Waals surface area contributed by atoms with Gasteiger partial charge in [0.25, 0.3) is 0 Å². The Hall–Kier alpha value is -2.49. The van der Waals surface area contributed by atoms with E-state index in [0.717, 1.165) is 18.7 Å². The van der Waals surface area contributed by atoms with E-state index >= 15 is 0 Å². The highest BCUT2D eigenvalue weighted by molar-refractivity contribution is 5.57. The number of rotatable bonds is 4. The first-order valence-electron chi connectivity index (χ1n) is 8.13. The molecule has 3 rings (SSSR count).